The number of hydrogen-bond acceptors (Lipinski definition) is 4. The minimum atomic E-state index is -0.510. The number of nitrogens with one attached hydrogen (secondary N) is 2. The summed E-state index contributed by atoms with van der Waals surface area (Å²) >= 11 is 0. The minimum absolute atomic E-state index is 0.209. The van der Waals surface area contributed by atoms with Crippen molar-refractivity contribution in [1.82, 2.24) is 10.6 Å². The van der Waals surface area contributed by atoms with E-state index >= 15 is 0 Å². The minimum Gasteiger partial charge on any atom is -0.467 e. The Morgan fingerprint density at radius 2 is 2.00 bits per heavy atom. The van der Waals surface area contributed by atoms with E-state index in [1.54, 1.807) is 0 Å². The molecule has 1 amide bonds. The number of rotatable bonds is 7. The first kappa shape index (κ1) is 13.9. The highest BCUT2D eigenvalue weighted by Gasteiger charge is 2.18. The average Bonchev–Trinajstić information content (AvgIpc) is 2.21. The highest BCUT2D eigenvalue weighted by atomic mass is 16.5. The van der Waals surface area contributed by atoms with Crippen molar-refractivity contribution >= 4 is 11.9 Å². The molecule has 0 aliphatic carbocycles. The molecule has 0 unspecified atom stereocenters. The molecule has 0 fully saturated rings. The van der Waals surface area contributed by atoms with E-state index in [4.69, 9.17) is 0 Å². The molecular weight excluding hydrogens is 196 g/mol. The molecule has 0 aromatic carbocycles. The first-order valence-electron chi connectivity index (χ1n) is 5.11. The van der Waals surface area contributed by atoms with E-state index in [1.807, 2.05) is 7.05 Å². The molecule has 1 atom stereocenters. The van der Waals surface area contributed by atoms with Gasteiger partial charge in [0.1, 0.15) is 6.04 Å². The summed E-state index contributed by atoms with van der Waals surface area (Å²) in [5, 5.41) is 5.60. The van der Waals surface area contributed by atoms with Crippen LogP contribution in [0.1, 0.15) is 26.2 Å². The Bertz CT molecular complexity index is 207. The maximum atomic E-state index is 11.3. The van der Waals surface area contributed by atoms with Gasteiger partial charge in [0.25, 0.3) is 0 Å². The Kier molecular flexibility index (Phi) is 7.62. The van der Waals surface area contributed by atoms with E-state index in [0.29, 0.717) is 6.42 Å². The molecule has 0 saturated heterocycles. The van der Waals surface area contributed by atoms with Crippen LogP contribution in [0.5, 0.6) is 0 Å². The number of esters is 1. The number of unbranched alkanes of at least 4 members (excludes halogenated alkanes) is 1. The van der Waals surface area contributed by atoms with Gasteiger partial charge in [-0.25, -0.2) is 4.79 Å². The van der Waals surface area contributed by atoms with E-state index in [-0.39, 0.29) is 11.9 Å². The molecule has 15 heavy (non-hydrogen) atoms. The molecule has 88 valence electrons. The molecule has 0 aromatic heterocycles. The van der Waals surface area contributed by atoms with Crippen LogP contribution in [0.15, 0.2) is 0 Å². The van der Waals surface area contributed by atoms with E-state index in [0.717, 1.165) is 19.4 Å². The van der Waals surface area contributed by atoms with Gasteiger partial charge in [-0.2, -0.15) is 0 Å². The van der Waals surface area contributed by atoms with Gasteiger partial charge in [-0.3, -0.25) is 4.79 Å². The highest BCUT2D eigenvalue weighted by Crippen LogP contribution is 2.02. The van der Waals surface area contributed by atoms with Gasteiger partial charge in [-0.05, 0) is 32.9 Å². The second kappa shape index (κ2) is 8.23. The summed E-state index contributed by atoms with van der Waals surface area (Å²) in [5.74, 6) is -0.589. The van der Waals surface area contributed by atoms with Crippen LogP contribution in [0, 0.1) is 0 Å². The van der Waals surface area contributed by atoms with Crippen molar-refractivity contribution < 1.29 is 14.3 Å². The summed E-state index contributed by atoms with van der Waals surface area (Å²) in [5.41, 5.74) is 0. The lowest BCUT2D eigenvalue weighted by Crippen LogP contribution is -2.40. The molecule has 0 aliphatic rings. The predicted octanol–water partition coefficient (Wildman–Crippen LogP) is 0.0538. The van der Waals surface area contributed by atoms with Crippen LogP contribution in [-0.2, 0) is 14.3 Å². The van der Waals surface area contributed by atoms with Crippen LogP contribution in [0.25, 0.3) is 0 Å². The molecule has 0 aromatic rings. The van der Waals surface area contributed by atoms with Crippen molar-refractivity contribution in [3.63, 3.8) is 0 Å². The SMILES string of the molecule is CNCCCC[C@H](NC(C)=O)C(=O)OC. The van der Waals surface area contributed by atoms with E-state index in [2.05, 4.69) is 15.4 Å². The second-order valence-electron chi connectivity index (χ2n) is 3.38. The van der Waals surface area contributed by atoms with Crippen LogP contribution >= 0.6 is 0 Å². The lowest BCUT2D eigenvalue weighted by molar-refractivity contribution is -0.145. The van der Waals surface area contributed by atoms with Gasteiger partial charge in [0.15, 0.2) is 0 Å². The third-order valence-corrected chi connectivity index (χ3v) is 2.03. The Hall–Kier alpha value is -1.10. The Morgan fingerprint density at radius 1 is 1.33 bits per heavy atom. The lowest BCUT2D eigenvalue weighted by atomic mass is 10.1. The average molecular weight is 216 g/mol. The molecular formula is C10H20N2O3. The quantitative estimate of drug-likeness (QED) is 0.466. The van der Waals surface area contributed by atoms with Crippen molar-refractivity contribution in [2.75, 3.05) is 20.7 Å². The van der Waals surface area contributed by atoms with Gasteiger partial charge in [-0.15, -0.1) is 0 Å². The summed E-state index contributed by atoms with van der Waals surface area (Å²) in [6.07, 6.45) is 2.47. The fourth-order valence-corrected chi connectivity index (χ4v) is 1.29. The van der Waals surface area contributed by atoms with Gasteiger partial charge in [0.2, 0.25) is 5.91 Å². The molecule has 5 nitrogen and oxygen atoms in total. The summed E-state index contributed by atoms with van der Waals surface area (Å²) in [4.78, 5) is 22.1. The molecule has 0 radical (unpaired) electrons. The third-order valence-electron chi connectivity index (χ3n) is 2.03. The molecule has 5 heteroatoms. The Balaban J connectivity index is 3.90. The summed E-state index contributed by atoms with van der Waals surface area (Å²) in [6.45, 7) is 2.30. The number of carbonyl (C=O) groups is 2. The first-order chi connectivity index (χ1) is 7.11. The zero-order chi connectivity index (χ0) is 11.7. The van der Waals surface area contributed by atoms with Gasteiger partial charge in [0, 0.05) is 6.92 Å². The van der Waals surface area contributed by atoms with Crippen molar-refractivity contribution in [3.8, 4) is 0 Å². The zero-order valence-corrected chi connectivity index (χ0v) is 9.63. The van der Waals surface area contributed by atoms with Crippen LogP contribution in [0.2, 0.25) is 0 Å². The number of hydrogen-bond donors (Lipinski definition) is 2. The van der Waals surface area contributed by atoms with E-state index in [1.165, 1.54) is 14.0 Å². The fraction of sp³-hybridized carbons (Fsp3) is 0.800. The summed E-state index contributed by atoms with van der Waals surface area (Å²) < 4.78 is 4.60. The highest BCUT2D eigenvalue weighted by molar-refractivity contribution is 5.83. The monoisotopic (exact) mass is 216 g/mol. The Labute approximate surface area is 90.6 Å². The molecule has 0 saturated carbocycles. The molecule has 0 spiro atoms. The van der Waals surface area contributed by atoms with E-state index in [9.17, 15) is 9.59 Å². The van der Waals surface area contributed by atoms with Crippen LogP contribution in [0.4, 0.5) is 0 Å². The maximum absolute atomic E-state index is 11.3. The Morgan fingerprint density at radius 3 is 2.47 bits per heavy atom. The van der Waals surface area contributed by atoms with Crippen LogP contribution < -0.4 is 10.6 Å². The third kappa shape index (κ3) is 6.90. The summed E-state index contributed by atoms with van der Waals surface area (Å²) in [7, 11) is 3.20. The topological polar surface area (TPSA) is 67.4 Å². The normalized spacial score (nSPS) is 11.9. The summed E-state index contributed by atoms with van der Waals surface area (Å²) in [6, 6.07) is -0.510. The molecule has 0 bridgehead atoms. The second-order valence-corrected chi connectivity index (χ2v) is 3.38. The first-order valence-corrected chi connectivity index (χ1v) is 5.11. The molecule has 2 N–H and O–H groups in total. The molecule has 0 aliphatic heterocycles. The van der Waals surface area contributed by atoms with Crippen molar-refractivity contribution in [2.24, 2.45) is 0 Å². The molecule has 0 heterocycles. The number of amides is 1. The van der Waals surface area contributed by atoms with Gasteiger partial charge < -0.3 is 15.4 Å². The van der Waals surface area contributed by atoms with Crippen molar-refractivity contribution in [3.05, 3.63) is 0 Å². The van der Waals surface area contributed by atoms with E-state index < -0.39 is 6.04 Å². The largest absolute Gasteiger partial charge is 0.467 e. The van der Waals surface area contributed by atoms with Gasteiger partial charge in [-0.1, -0.05) is 0 Å². The molecule has 0 rings (SSSR count). The maximum Gasteiger partial charge on any atom is 0.328 e. The van der Waals surface area contributed by atoms with Gasteiger partial charge >= 0.3 is 5.97 Å². The predicted molar refractivity (Wildman–Crippen MR) is 57.4 cm³/mol. The standard InChI is InChI=1S/C10H20N2O3/c1-8(13)12-9(10(14)15-3)6-4-5-7-11-2/h9,11H,4-7H2,1-3H3,(H,12,13)/t9-/m0/s1. The van der Waals surface area contributed by atoms with Crippen LogP contribution in [0.3, 0.4) is 0 Å². The lowest BCUT2D eigenvalue weighted by Gasteiger charge is -2.14. The number of carbonyl (C=O) groups excluding carboxylic acids is 2. The number of ether oxygens (including phenoxy) is 1. The zero-order valence-electron chi connectivity index (χ0n) is 9.63. The van der Waals surface area contributed by atoms with Gasteiger partial charge in [0.05, 0.1) is 7.11 Å². The van der Waals surface area contributed by atoms with Crippen LogP contribution in [-0.4, -0.2) is 38.6 Å². The fourth-order valence-electron chi connectivity index (χ4n) is 1.29. The van der Waals surface area contributed by atoms with Crippen molar-refractivity contribution in [1.29, 1.82) is 0 Å². The van der Waals surface area contributed by atoms with Crippen molar-refractivity contribution in [2.45, 2.75) is 32.2 Å². The number of methoxy groups -OCH3 is 1. The smallest absolute Gasteiger partial charge is 0.328 e.